The number of benzene rings is 2. The highest BCUT2D eigenvalue weighted by molar-refractivity contribution is 7.74. The maximum absolute atomic E-state index is 10.4. The number of aromatic hydroxyl groups is 1. The molecule has 0 amide bonds. The largest absolute Gasteiger partial charge is 0.740 e. The fourth-order valence-electron chi connectivity index (χ4n) is 1.38. The summed E-state index contributed by atoms with van der Waals surface area (Å²) in [5.74, 6) is 0.270. The molecular weight excluding hydrogens is 216 g/mol. The van der Waals surface area contributed by atoms with Crippen LogP contribution in [0.3, 0.4) is 0 Å². The molecule has 5 heteroatoms. The van der Waals surface area contributed by atoms with Crippen molar-refractivity contribution in [3.63, 3.8) is 0 Å². The monoisotopic (exact) mass is 223 g/mol. The van der Waals surface area contributed by atoms with E-state index >= 15 is 0 Å². The van der Waals surface area contributed by atoms with Crippen LogP contribution in [0.5, 0.6) is 11.5 Å². The lowest BCUT2D eigenvalue weighted by molar-refractivity contribution is 0.442. The van der Waals surface area contributed by atoms with Crippen LogP contribution in [-0.2, 0) is 11.4 Å². The minimum absolute atomic E-state index is 0.0650. The summed E-state index contributed by atoms with van der Waals surface area (Å²) in [5, 5.41) is 10.6. The molecule has 0 aliphatic rings. The Kier molecular flexibility index (Phi) is 2.57. The van der Waals surface area contributed by atoms with Crippen molar-refractivity contribution >= 4 is 22.1 Å². The second kappa shape index (κ2) is 3.88. The average Bonchev–Trinajstić information content (AvgIpc) is 2.18. The van der Waals surface area contributed by atoms with Crippen molar-refractivity contribution in [1.29, 1.82) is 0 Å². The molecule has 0 bridgehead atoms. The Bertz CT molecular complexity index is 524. The highest BCUT2D eigenvalue weighted by atomic mass is 32.2. The maximum Gasteiger partial charge on any atom is 0.147 e. The molecule has 0 saturated carbocycles. The zero-order valence-electron chi connectivity index (χ0n) is 7.54. The van der Waals surface area contributed by atoms with Crippen molar-refractivity contribution in [2.24, 2.45) is 0 Å². The van der Waals surface area contributed by atoms with E-state index in [4.69, 9.17) is 0 Å². The van der Waals surface area contributed by atoms with E-state index in [1.165, 1.54) is 18.2 Å². The van der Waals surface area contributed by atoms with Gasteiger partial charge in [-0.15, -0.1) is 0 Å². The van der Waals surface area contributed by atoms with Crippen LogP contribution in [0.1, 0.15) is 0 Å². The first kappa shape index (κ1) is 9.95. The van der Waals surface area contributed by atoms with E-state index in [2.05, 4.69) is 4.18 Å². The average molecular weight is 223 g/mol. The van der Waals surface area contributed by atoms with Gasteiger partial charge in [-0.25, -0.2) is 4.21 Å². The zero-order chi connectivity index (χ0) is 10.8. The number of phenolic OH excluding ortho intramolecular Hbond substituents is 1. The van der Waals surface area contributed by atoms with E-state index in [0.717, 1.165) is 5.39 Å². The molecule has 2 rings (SSSR count). The standard InChI is InChI=1S/C10H8O4S/c11-8-5-4-7-2-1-3-10(9(7)6-8)14-15(12)13/h1-6,11H,(H,12,13)/p-1. The number of hydrogen-bond acceptors (Lipinski definition) is 4. The Morgan fingerprint density at radius 1 is 1.27 bits per heavy atom. The van der Waals surface area contributed by atoms with Gasteiger partial charge in [-0.2, -0.15) is 0 Å². The summed E-state index contributed by atoms with van der Waals surface area (Å²) in [6.07, 6.45) is 0. The summed E-state index contributed by atoms with van der Waals surface area (Å²) in [6.45, 7) is 0. The second-order valence-corrected chi connectivity index (χ2v) is 3.52. The molecule has 15 heavy (non-hydrogen) atoms. The van der Waals surface area contributed by atoms with Gasteiger partial charge in [0, 0.05) is 5.39 Å². The van der Waals surface area contributed by atoms with E-state index in [1.807, 2.05) is 0 Å². The minimum atomic E-state index is -2.61. The highest BCUT2D eigenvalue weighted by Gasteiger charge is 2.02. The number of rotatable bonds is 2. The summed E-state index contributed by atoms with van der Waals surface area (Å²) in [5.41, 5.74) is 0. The van der Waals surface area contributed by atoms with Crippen LogP contribution in [0.15, 0.2) is 36.4 Å². The molecule has 0 aliphatic carbocycles. The van der Waals surface area contributed by atoms with Gasteiger partial charge < -0.3 is 13.8 Å². The van der Waals surface area contributed by atoms with E-state index in [0.29, 0.717) is 5.39 Å². The van der Waals surface area contributed by atoms with Gasteiger partial charge in [0.05, 0.1) is 0 Å². The predicted molar refractivity (Wildman–Crippen MR) is 55.2 cm³/mol. The van der Waals surface area contributed by atoms with E-state index < -0.39 is 11.4 Å². The van der Waals surface area contributed by atoms with Crippen LogP contribution in [0.4, 0.5) is 0 Å². The SMILES string of the molecule is O=S([O-])Oc1cccc2ccc(O)cc12. The summed E-state index contributed by atoms with van der Waals surface area (Å²) in [4.78, 5) is 0. The molecule has 2 aromatic carbocycles. The lowest BCUT2D eigenvalue weighted by Gasteiger charge is -2.09. The van der Waals surface area contributed by atoms with Gasteiger partial charge >= 0.3 is 0 Å². The maximum atomic E-state index is 10.4. The molecule has 0 heterocycles. The van der Waals surface area contributed by atoms with Gasteiger partial charge in [0.25, 0.3) is 0 Å². The van der Waals surface area contributed by atoms with Crippen molar-refractivity contribution in [2.45, 2.75) is 0 Å². The van der Waals surface area contributed by atoms with Crippen molar-refractivity contribution in [2.75, 3.05) is 0 Å². The first-order valence-corrected chi connectivity index (χ1v) is 5.16. The lowest BCUT2D eigenvalue weighted by Crippen LogP contribution is -1.98. The fourth-order valence-corrected chi connectivity index (χ4v) is 1.67. The van der Waals surface area contributed by atoms with Gasteiger partial charge in [0.1, 0.15) is 22.9 Å². The topological polar surface area (TPSA) is 69.6 Å². The summed E-state index contributed by atoms with van der Waals surface area (Å²) >= 11 is -2.61. The van der Waals surface area contributed by atoms with Crippen molar-refractivity contribution < 1.29 is 18.1 Å². The smallest absolute Gasteiger partial charge is 0.147 e. The van der Waals surface area contributed by atoms with E-state index in [1.54, 1.807) is 18.2 Å². The van der Waals surface area contributed by atoms with Crippen LogP contribution >= 0.6 is 0 Å². The van der Waals surface area contributed by atoms with E-state index in [9.17, 15) is 13.9 Å². The Morgan fingerprint density at radius 3 is 2.80 bits per heavy atom. The van der Waals surface area contributed by atoms with Crippen LogP contribution in [0, 0.1) is 0 Å². The van der Waals surface area contributed by atoms with Gasteiger partial charge in [0.15, 0.2) is 0 Å². The van der Waals surface area contributed by atoms with Crippen LogP contribution in [0.2, 0.25) is 0 Å². The molecule has 1 N–H and O–H groups in total. The van der Waals surface area contributed by atoms with Crippen LogP contribution < -0.4 is 4.18 Å². The third-order valence-electron chi connectivity index (χ3n) is 1.98. The third-order valence-corrected chi connectivity index (χ3v) is 2.30. The summed E-state index contributed by atoms with van der Waals surface area (Å²) < 4.78 is 25.4. The molecule has 78 valence electrons. The fraction of sp³-hybridized carbons (Fsp3) is 0. The summed E-state index contributed by atoms with van der Waals surface area (Å²) in [7, 11) is 0. The van der Waals surface area contributed by atoms with Gasteiger partial charge in [-0.3, -0.25) is 0 Å². The van der Waals surface area contributed by atoms with Gasteiger partial charge in [-0.1, -0.05) is 18.2 Å². The molecule has 0 saturated heterocycles. The molecule has 0 aromatic heterocycles. The number of phenols is 1. The van der Waals surface area contributed by atoms with Gasteiger partial charge in [0.2, 0.25) is 0 Å². The van der Waals surface area contributed by atoms with Crippen molar-refractivity contribution in [3.05, 3.63) is 36.4 Å². The second-order valence-electron chi connectivity index (χ2n) is 2.95. The van der Waals surface area contributed by atoms with Crippen molar-refractivity contribution in [1.82, 2.24) is 0 Å². The first-order chi connectivity index (χ1) is 7.16. The van der Waals surface area contributed by atoms with E-state index in [-0.39, 0.29) is 11.5 Å². The molecule has 1 atom stereocenters. The van der Waals surface area contributed by atoms with Crippen molar-refractivity contribution in [3.8, 4) is 11.5 Å². The quantitative estimate of drug-likeness (QED) is 0.787. The Hall–Kier alpha value is -1.59. The van der Waals surface area contributed by atoms with Crippen LogP contribution in [-0.4, -0.2) is 13.9 Å². The molecule has 0 aliphatic heterocycles. The Labute approximate surface area is 88.6 Å². The molecule has 4 nitrogen and oxygen atoms in total. The normalized spacial score (nSPS) is 12.6. The molecule has 0 radical (unpaired) electrons. The lowest BCUT2D eigenvalue weighted by atomic mass is 10.1. The highest BCUT2D eigenvalue weighted by Crippen LogP contribution is 2.28. The molecule has 0 fully saturated rings. The molecular formula is C10H7O4S-. The first-order valence-electron chi connectivity index (χ1n) is 4.16. The number of hydrogen-bond donors (Lipinski definition) is 1. The van der Waals surface area contributed by atoms with Gasteiger partial charge in [-0.05, 0) is 23.6 Å². The Balaban J connectivity index is 2.63. The number of fused-ring (bicyclic) bond motifs is 1. The molecule has 0 spiro atoms. The Morgan fingerprint density at radius 2 is 2.07 bits per heavy atom. The summed E-state index contributed by atoms with van der Waals surface area (Å²) in [6, 6.07) is 9.68. The minimum Gasteiger partial charge on any atom is -0.740 e. The molecule has 2 aromatic rings. The molecule has 1 unspecified atom stereocenters. The predicted octanol–water partition coefficient (Wildman–Crippen LogP) is 1.72. The van der Waals surface area contributed by atoms with Crippen LogP contribution in [0.25, 0.3) is 10.8 Å². The third kappa shape index (κ3) is 2.08. The zero-order valence-corrected chi connectivity index (χ0v) is 8.36.